The number of rotatable bonds is 10. The van der Waals surface area contributed by atoms with Crippen LogP contribution in [-0.4, -0.2) is 35.9 Å². The first-order chi connectivity index (χ1) is 14.7. The molecule has 0 aliphatic heterocycles. The number of hydrogen-bond acceptors (Lipinski definition) is 3. The van der Waals surface area contributed by atoms with Crippen LogP contribution in [0.3, 0.4) is 0 Å². The zero-order chi connectivity index (χ0) is 23.0. The van der Waals surface area contributed by atoms with Crippen LogP contribution in [0.1, 0.15) is 32.8 Å². The Hall–Kier alpha value is -1.95. The molecule has 0 fully saturated rings. The molecule has 8 heteroatoms. The van der Waals surface area contributed by atoms with E-state index in [-0.39, 0.29) is 25.0 Å². The van der Waals surface area contributed by atoms with E-state index < -0.39 is 6.04 Å². The molecule has 0 spiro atoms. The fraction of sp³-hybridized carbons (Fsp3) is 0.391. The third-order valence-electron chi connectivity index (χ3n) is 4.60. The highest BCUT2D eigenvalue weighted by Gasteiger charge is 2.29. The number of nitrogens with one attached hydrogen (secondary N) is 1. The molecule has 168 valence electrons. The third kappa shape index (κ3) is 7.60. The predicted molar refractivity (Wildman–Crippen MR) is 126 cm³/mol. The van der Waals surface area contributed by atoms with Gasteiger partial charge in [-0.1, -0.05) is 73.8 Å². The van der Waals surface area contributed by atoms with E-state index in [0.717, 1.165) is 5.56 Å². The molecule has 0 unspecified atom stereocenters. The van der Waals surface area contributed by atoms with Crippen molar-refractivity contribution in [3.63, 3.8) is 0 Å². The Balaban J connectivity index is 2.24. The van der Waals surface area contributed by atoms with Gasteiger partial charge in [0.25, 0.3) is 5.91 Å². The Morgan fingerprint density at radius 1 is 1.03 bits per heavy atom. The van der Waals surface area contributed by atoms with E-state index in [4.69, 9.17) is 39.5 Å². The van der Waals surface area contributed by atoms with Crippen LogP contribution in [-0.2, 0) is 16.1 Å². The van der Waals surface area contributed by atoms with E-state index in [0.29, 0.717) is 39.7 Å². The second-order valence-electron chi connectivity index (χ2n) is 7.55. The smallest absolute Gasteiger partial charge is 0.261 e. The van der Waals surface area contributed by atoms with Crippen LogP contribution in [0.2, 0.25) is 15.1 Å². The van der Waals surface area contributed by atoms with Gasteiger partial charge in [0.2, 0.25) is 5.91 Å². The minimum atomic E-state index is -0.657. The number of carbonyl (C=O) groups excluding carboxylic acids is 2. The fourth-order valence-electron chi connectivity index (χ4n) is 2.96. The van der Waals surface area contributed by atoms with Gasteiger partial charge in [-0.15, -0.1) is 0 Å². The average molecular weight is 486 g/mol. The fourth-order valence-corrected chi connectivity index (χ4v) is 3.47. The minimum absolute atomic E-state index is 0.190. The zero-order valence-corrected chi connectivity index (χ0v) is 20.1. The Bertz CT molecular complexity index is 905. The maximum Gasteiger partial charge on any atom is 0.261 e. The lowest BCUT2D eigenvalue weighted by Gasteiger charge is -2.31. The summed E-state index contributed by atoms with van der Waals surface area (Å²) >= 11 is 18.3. The average Bonchev–Trinajstić information content (AvgIpc) is 2.73. The van der Waals surface area contributed by atoms with E-state index in [1.807, 2.05) is 20.8 Å². The second-order valence-corrected chi connectivity index (χ2v) is 8.77. The van der Waals surface area contributed by atoms with Gasteiger partial charge in [0.1, 0.15) is 11.8 Å². The van der Waals surface area contributed by atoms with Gasteiger partial charge in [0.05, 0.1) is 15.1 Å². The van der Waals surface area contributed by atoms with E-state index in [2.05, 4.69) is 5.32 Å². The Labute approximate surface area is 198 Å². The molecule has 0 bridgehead atoms. The molecule has 2 aromatic rings. The summed E-state index contributed by atoms with van der Waals surface area (Å²) in [5.74, 6) is 0.161. The molecule has 0 heterocycles. The molecule has 2 amide bonds. The van der Waals surface area contributed by atoms with Crippen molar-refractivity contribution in [3.8, 4) is 5.75 Å². The summed E-state index contributed by atoms with van der Waals surface area (Å²) in [5.41, 5.74) is 0.760. The Kier molecular flexibility index (Phi) is 9.94. The summed E-state index contributed by atoms with van der Waals surface area (Å²) in [6.07, 6.45) is 0.448. The van der Waals surface area contributed by atoms with Crippen molar-refractivity contribution in [3.05, 3.63) is 63.1 Å². The highest BCUT2D eigenvalue weighted by Crippen LogP contribution is 2.25. The van der Waals surface area contributed by atoms with Gasteiger partial charge in [-0.2, -0.15) is 0 Å². The van der Waals surface area contributed by atoms with Gasteiger partial charge < -0.3 is 15.0 Å². The lowest BCUT2D eigenvalue weighted by Crippen LogP contribution is -2.50. The molecule has 0 aliphatic carbocycles. The van der Waals surface area contributed by atoms with Crippen molar-refractivity contribution in [2.24, 2.45) is 5.92 Å². The maximum atomic E-state index is 13.1. The summed E-state index contributed by atoms with van der Waals surface area (Å²) in [6, 6.07) is 11.4. The number of ether oxygens (including phenoxy) is 1. The topological polar surface area (TPSA) is 58.6 Å². The van der Waals surface area contributed by atoms with Crippen LogP contribution in [0.25, 0.3) is 0 Å². The van der Waals surface area contributed by atoms with Gasteiger partial charge >= 0.3 is 0 Å². The molecule has 0 aliphatic rings. The number of para-hydroxylation sites is 1. The first kappa shape index (κ1) is 25.3. The number of hydrogen-bond donors (Lipinski definition) is 1. The van der Waals surface area contributed by atoms with Crippen molar-refractivity contribution >= 4 is 46.6 Å². The highest BCUT2D eigenvalue weighted by molar-refractivity contribution is 6.42. The molecule has 5 nitrogen and oxygen atoms in total. The van der Waals surface area contributed by atoms with Gasteiger partial charge in [0.15, 0.2) is 6.61 Å². The molecule has 0 radical (unpaired) electrons. The molecule has 1 N–H and O–H groups in total. The Morgan fingerprint density at radius 2 is 1.74 bits per heavy atom. The first-order valence-electron chi connectivity index (χ1n) is 10.1. The number of benzene rings is 2. The largest absolute Gasteiger partial charge is 0.482 e. The standard InChI is InChI=1S/C23H27Cl3N2O3/c1-4-20(23(30)27-12-15(2)3)28(13-16-9-10-17(24)19(26)11-16)22(29)14-31-21-8-6-5-7-18(21)25/h5-11,15,20H,4,12-14H2,1-3H3,(H,27,30)/t20-/m1/s1. The number of halogens is 3. The van der Waals surface area contributed by atoms with E-state index in [9.17, 15) is 9.59 Å². The van der Waals surface area contributed by atoms with Crippen molar-refractivity contribution in [2.45, 2.75) is 39.8 Å². The van der Waals surface area contributed by atoms with Crippen LogP contribution in [0.15, 0.2) is 42.5 Å². The SMILES string of the molecule is CC[C@H](C(=O)NCC(C)C)N(Cc1ccc(Cl)c(Cl)c1)C(=O)COc1ccccc1Cl. The quantitative estimate of drug-likeness (QED) is 0.476. The second kappa shape index (κ2) is 12.2. The molecule has 0 saturated carbocycles. The monoisotopic (exact) mass is 484 g/mol. The summed E-state index contributed by atoms with van der Waals surface area (Å²) in [7, 11) is 0. The first-order valence-corrected chi connectivity index (χ1v) is 11.2. The molecular weight excluding hydrogens is 459 g/mol. The summed E-state index contributed by atoms with van der Waals surface area (Å²) in [5, 5.41) is 4.13. The van der Waals surface area contributed by atoms with Crippen molar-refractivity contribution in [1.82, 2.24) is 10.2 Å². The van der Waals surface area contributed by atoms with Crippen molar-refractivity contribution in [1.29, 1.82) is 0 Å². The molecule has 0 aromatic heterocycles. The lowest BCUT2D eigenvalue weighted by molar-refractivity contribution is -0.143. The summed E-state index contributed by atoms with van der Waals surface area (Å²) < 4.78 is 5.63. The van der Waals surface area contributed by atoms with E-state index >= 15 is 0 Å². The number of amides is 2. The highest BCUT2D eigenvalue weighted by atomic mass is 35.5. The van der Waals surface area contributed by atoms with Crippen LogP contribution >= 0.6 is 34.8 Å². The van der Waals surface area contributed by atoms with Gasteiger partial charge in [0, 0.05) is 13.1 Å². The third-order valence-corrected chi connectivity index (χ3v) is 5.65. The molecule has 1 atom stereocenters. The molecule has 2 aromatic carbocycles. The summed E-state index contributed by atoms with van der Waals surface area (Å²) in [4.78, 5) is 27.5. The van der Waals surface area contributed by atoms with Crippen LogP contribution in [0, 0.1) is 5.92 Å². The van der Waals surface area contributed by atoms with Crippen LogP contribution in [0.5, 0.6) is 5.75 Å². The number of carbonyl (C=O) groups is 2. The Morgan fingerprint density at radius 3 is 2.35 bits per heavy atom. The molecular formula is C23H27Cl3N2O3. The predicted octanol–water partition coefficient (Wildman–Crippen LogP) is 5.61. The van der Waals surface area contributed by atoms with Crippen LogP contribution < -0.4 is 10.1 Å². The van der Waals surface area contributed by atoms with Gasteiger partial charge in [-0.3, -0.25) is 9.59 Å². The molecule has 31 heavy (non-hydrogen) atoms. The van der Waals surface area contributed by atoms with Crippen LogP contribution in [0.4, 0.5) is 0 Å². The van der Waals surface area contributed by atoms with Crippen molar-refractivity contribution < 1.29 is 14.3 Å². The zero-order valence-electron chi connectivity index (χ0n) is 17.8. The minimum Gasteiger partial charge on any atom is -0.482 e. The van der Waals surface area contributed by atoms with Gasteiger partial charge in [-0.05, 0) is 42.2 Å². The normalized spacial score (nSPS) is 11.8. The van der Waals surface area contributed by atoms with Crippen molar-refractivity contribution in [2.75, 3.05) is 13.2 Å². The molecule has 0 saturated heterocycles. The lowest BCUT2D eigenvalue weighted by atomic mass is 10.1. The number of nitrogens with zero attached hydrogens (tertiary/aromatic N) is 1. The summed E-state index contributed by atoms with van der Waals surface area (Å²) in [6.45, 7) is 6.35. The maximum absolute atomic E-state index is 13.1. The van der Waals surface area contributed by atoms with E-state index in [1.54, 1.807) is 42.5 Å². The molecule has 2 rings (SSSR count). The van der Waals surface area contributed by atoms with E-state index in [1.165, 1.54) is 4.90 Å². The van der Waals surface area contributed by atoms with Gasteiger partial charge in [-0.25, -0.2) is 0 Å².